The smallest absolute Gasteiger partial charge is 0.326 e. The molecule has 6 heteroatoms. The van der Waals surface area contributed by atoms with Crippen LogP contribution in [0.25, 0.3) is 0 Å². The summed E-state index contributed by atoms with van der Waals surface area (Å²) in [4.78, 5) is 23.4. The number of amides is 1. The SMILES string of the molecule is CSCC(=O)N1C[C@H](O)C[C@@H]1C(=O)O. The molecule has 1 saturated heterocycles. The van der Waals surface area contributed by atoms with Gasteiger partial charge in [-0.15, -0.1) is 0 Å². The van der Waals surface area contributed by atoms with Crippen molar-refractivity contribution in [3.63, 3.8) is 0 Å². The largest absolute Gasteiger partial charge is 0.480 e. The Labute approximate surface area is 86.1 Å². The van der Waals surface area contributed by atoms with Crippen LogP contribution in [-0.2, 0) is 9.59 Å². The normalized spacial score (nSPS) is 26.6. The maximum Gasteiger partial charge on any atom is 0.326 e. The number of likely N-dealkylation sites (tertiary alicyclic amines) is 1. The van der Waals surface area contributed by atoms with E-state index in [0.29, 0.717) is 0 Å². The van der Waals surface area contributed by atoms with E-state index in [-0.39, 0.29) is 24.6 Å². The highest BCUT2D eigenvalue weighted by Crippen LogP contribution is 2.19. The molecule has 0 aliphatic carbocycles. The summed E-state index contributed by atoms with van der Waals surface area (Å²) >= 11 is 1.35. The fraction of sp³-hybridized carbons (Fsp3) is 0.750. The van der Waals surface area contributed by atoms with E-state index in [0.717, 1.165) is 0 Å². The highest BCUT2D eigenvalue weighted by Gasteiger charge is 2.38. The summed E-state index contributed by atoms with van der Waals surface area (Å²) in [6.07, 6.45) is 1.21. The van der Waals surface area contributed by atoms with Crippen molar-refractivity contribution in [2.45, 2.75) is 18.6 Å². The highest BCUT2D eigenvalue weighted by molar-refractivity contribution is 7.99. The van der Waals surface area contributed by atoms with Crippen molar-refractivity contribution in [2.24, 2.45) is 0 Å². The summed E-state index contributed by atoms with van der Waals surface area (Å²) in [5.74, 6) is -1.01. The van der Waals surface area contributed by atoms with Gasteiger partial charge in [-0.3, -0.25) is 4.79 Å². The van der Waals surface area contributed by atoms with E-state index in [1.807, 2.05) is 0 Å². The van der Waals surface area contributed by atoms with Crippen molar-refractivity contribution in [1.29, 1.82) is 0 Å². The molecule has 0 aromatic carbocycles. The second kappa shape index (κ2) is 4.65. The van der Waals surface area contributed by atoms with Gasteiger partial charge in [0.15, 0.2) is 0 Å². The second-order valence-corrected chi connectivity index (χ2v) is 4.09. The van der Waals surface area contributed by atoms with E-state index in [1.165, 1.54) is 16.7 Å². The molecule has 0 spiro atoms. The standard InChI is InChI=1S/C8H13NO4S/c1-14-4-7(11)9-3-5(10)2-6(9)8(12)13/h5-6,10H,2-4H2,1H3,(H,12,13)/t5-,6-/m1/s1. The molecule has 1 aliphatic rings. The van der Waals surface area contributed by atoms with Crippen LogP contribution in [0.3, 0.4) is 0 Å². The molecule has 0 radical (unpaired) electrons. The summed E-state index contributed by atoms with van der Waals surface area (Å²) in [6, 6.07) is -0.857. The fourth-order valence-electron chi connectivity index (χ4n) is 1.53. The van der Waals surface area contributed by atoms with Gasteiger partial charge in [0.25, 0.3) is 0 Å². The Balaban J connectivity index is 2.66. The number of carboxylic acids is 1. The van der Waals surface area contributed by atoms with Crippen molar-refractivity contribution < 1.29 is 19.8 Å². The first-order chi connectivity index (χ1) is 6.56. The van der Waals surface area contributed by atoms with Crippen molar-refractivity contribution in [3.8, 4) is 0 Å². The first-order valence-electron chi connectivity index (χ1n) is 4.25. The molecule has 5 nitrogen and oxygen atoms in total. The number of aliphatic hydroxyl groups excluding tert-OH is 1. The van der Waals surface area contributed by atoms with Crippen LogP contribution in [0.1, 0.15) is 6.42 Å². The molecule has 1 amide bonds. The Morgan fingerprint density at radius 2 is 2.21 bits per heavy atom. The van der Waals surface area contributed by atoms with Gasteiger partial charge in [0.2, 0.25) is 5.91 Å². The molecule has 0 aromatic rings. The van der Waals surface area contributed by atoms with Gasteiger partial charge >= 0.3 is 5.97 Å². The van der Waals surface area contributed by atoms with Gasteiger partial charge in [0, 0.05) is 13.0 Å². The number of nitrogens with zero attached hydrogens (tertiary/aromatic N) is 1. The highest BCUT2D eigenvalue weighted by atomic mass is 32.2. The number of carboxylic acid groups (broad SMARTS) is 1. The Morgan fingerprint density at radius 1 is 1.57 bits per heavy atom. The van der Waals surface area contributed by atoms with Gasteiger partial charge in [0.05, 0.1) is 11.9 Å². The Hall–Kier alpha value is -0.750. The van der Waals surface area contributed by atoms with Crippen molar-refractivity contribution >= 4 is 23.6 Å². The maximum absolute atomic E-state index is 11.4. The van der Waals surface area contributed by atoms with E-state index >= 15 is 0 Å². The van der Waals surface area contributed by atoms with Crippen LogP contribution in [0.15, 0.2) is 0 Å². The molecule has 0 unspecified atom stereocenters. The summed E-state index contributed by atoms with van der Waals surface area (Å²) in [5, 5.41) is 18.1. The molecule has 0 aromatic heterocycles. The number of rotatable bonds is 3. The molecule has 1 fully saturated rings. The quantitative estimate of drug-likeness (QED) is 0.662. The third kappa shape index (κ3) is 2.39. The topological polar surface area (TPSA) is 77.8 Å². The van der Waals surface area contributed by atoms with Gasteiger partial charge in [-0.1, -0.05) is 0 Å². The molecule has 80 valence electrons. The lowest BCUT2D eigenvalue weighted by Crippen LogP contribution is -2.41. The lowest BCUT2D eigenvalue weighted by Gasteiger charge is -2.20. The molecule has 1 rings (SSSR count). The zero-order valence-corrected chi connectivity index (χ0v) is 8.66. The number of carbonyl (C=O) groups excluding carboxylic acids is 1. The van der Waals surface area contributed by atoms with Crippen LogP contribution in [-0.4, -0.2) is 57.7 Å². The van der Waals surface area contributed by atoms with Crippen molar-refractivity contribution in [2.75, 3.05) is 18.6 Å². The molecule has 1 aliphatic heterocycles. The third-order valence-electron chi connectivity index (χ3n) is 2.15. The second-order valence-electron chi connectivity index (χ2n) is 3.22. The lowest BCUT2D eigenvalue weighted by atomic mass is 10.2. The molecule has 14 heavy (non-hydrogen) atoms. The summed E-state index contributed by atoms with van der Waals surface area (Å²) in [5.41, 5.74) is 0. The van der Waals surface area contributed by atoms with E-state index in [9.17, 15) is 14.7 Å². The monoisotopic (exact) mass is 219 g/mol. The molecule has 2 N–H and O–H groups in total. The van der Waals surface area contributed by atoms with Gasteiger partial charge in [-0.05, 0) is 6.26 Å². The van der Waals surface area contributed by atoms with E-state index in [1.54, 1.807) is 6.26 Å². The summed E-state index contributed by atoms with van der Waals surface area (Å²) in [7, 11) is 0. The number of β-amino-alcohol motifs (C(OH)–C–C–N with tert-alkyl or cyclic N) is 1. The minimum Gasteiger partial charge on any atom is -0.480 e. The molecule has 2 atom stereocenters. The average molecular weight is 219 g/mol. The first kappa shape index (κ1) is 11.3. The minimum atomic E-state index is -1.05. The third-order valence-corrected chi connectivity index (χ3v) is 2.69. The van der Waals surface area contributed by atoms with Crippen LogP contribution in [0.2, 0.25) is 0 Å². The lowest BCUT2D eigenvalue weighted by molar-refractivity contribution is -0.147. The zero-order valence-electron chi connectivity index (χ0n) is 7.84. The number of carbonyl (C=O) groups is 2. The Morgan fingerprint density at radius 3 is 2.71 bits per heavy atom. The predicted molar refractivity (Wildman–Crippen MR) is 52.1 cm³/mol. The van der Waals surface area contributed by atoms with E-state index in [2.05, 4.69) is 0 Å². The molecule has 0 bridgehead atoms. The Bertz CT molecular complexity index is 245. The number of thioether (sulfide) groups is 1. The summed E-state index contributed by atoms with van der Waals surface area (Å²) < 4.78 is 0. The van der Waals surface area contributed by atoms with Gasteiger partial charge in [-0.25, -0.2) is 4.79 Å². The molecule has 1 heterocycles. The van der Waals surface area contributed by atoms with E-state index < -0.39 is 18.1 Å². The minimum absolute atomic E-state index is 0.134. The van der Waals surface area contributed by atoms with Crippen LogP contribution >= 0.6 is 11.8 Å². The van der Waals surface area contributed by atoms with Gasteiger partial charge in [0.1, 0.15) is 6.04 Å². The van der Waals surface area contributed by atoms with Gasteiger partial charge in [-0.2, -0.15) is 11.8 Å². The van der Waals surface area contributed by atoms with Crippen LogP contribution < -0.4 is 0 Å². The van der Waals surface area contributed by atoms with Crippen molar-refractivity contribution in [3.05, 3.63) is 0 Å². The molecular formula is C8H13NO4S. The first-order valence-corrected chi connectivity index (χ1v) is 5.65. The zero-order chi connectivity index (χ0) is 10.7. The van der Waals surface area contributed by atoms with Gasteiger partial charge < -0.3 is 15.1 Å². The maximum atomic E-state index is 11.4. The number of aliphatic hydroxyl groups is 1. The fourth-order valence-corrected chi connectivity index (χ4v) is 1.94. The molecular weight excluding hydrogens is 206 g/mol. The number of hydrogen-bond donors (Lipinski definition) is 2. The number of hydrogen-bond acceptors (Lipinski definition) is 4. The average Bonchev–Trinajstić information content (AvgIpc) is 2.48. The van der Waals surface area contributed by atoms with Crippen LogP contribution in [0.5, 0.6) is 0 Å². The Kier molecular flexibility index (Phi) is 3.77. The van der Waals surface area contributed by atoms with Crippen LogP contribution in [0.4, 0.5) is 0 Å². The van der Waals surface area contributed by atoms with E-state index in [4.69, 9.17) is 5.11 Å². The number of aliphatic carboxylic acids is 1. The van der Waals surface area contributed by atoms with Crippen LogP contribution in [0, 0.1) is 0 Å². The summed E-state index contributed by atoms with van der Waals surface area (Å²) in [6.45, 7) is 0.135. The predicted octanol–water partition coefficient (Wildman–Crippen LogP) is -0.604. The van der Waals surface area contributed by atoms with Crippen molar-refractivity contribution in [1.82, 2.24) is 4.90 Å². The molecule has 0 saturated carbocycles.